The summed E-state index contributed by atoms with van der Waals surface area (Å²) in [7, 11) is 3.17. The molecule has 2 unspecified atom stereocenters. The van der Waals surface area contributed by atoms with Gasteiger partial charge in [-0.1, -0.05) is 6.92 Å². The highest BCUT2D eigenvalue weighted by atomic mass is 16.5. The Morgan fingerprint density at radius 3 is 2.67 bits per heavy atom. The van der Waals surface area contributed by atoms with E-state index in [9.17, 15) is 14.7 Å². The summed E-state index contributed by atoms with van der Waals surface area (Å²) in [5, 5.41) is 11.8. The summed E-state index contributed by atoms with van der Waals surface area (Å²) in [6.45, 7) is 2.84. The molecule has 0 aliphatic heterocycles. The van der Waals surface area contributed by atoms with Crippen LogP contribution in [0.3, 0.4) is 0 Å². The summed E-state index contributed by atoms with van der Waals surface area (Å²) < 4.78 is 5.00. The lowest BCUT2D eigenvalue weighted by atomic mass is 10.1. The lowest BCUT2D eigenvalue weighted by Crippen LogP contribution is -2.33. The fourth-order valence-corrected chi connectivity index (χ4v) is 2.24. The SMILES string of the molecule is COc1ccc(NC(=O)N(C)CC2CC2C)c(C(=O)O)c1. The third-order valence-corrected chi connectivity index (χ3v) is 3.83. The number of hydrogen-bond donors (Lipinski definition) is 2. The van der Waals surface area contributed by atoms with Gasteiger partial charge in [-0.05, 0) is 36.5 Å². The molecule has 114 valence electrons. The fourth-order valence-electron chi connectivity index (χ4n) is 2.24. The van der Waals surface area contributed by atoms with E-state index in [1.165, 1.54) is 19.2 Å². The smallest absolute Gasteiger partial charge is 0.337 e. The zero-order valence-electron chi connectivity index (χ0n) is 12.4. The lowest BCUT2D eigenvalue weighted by molar-refractivity contribution is 0.0697. The molecule has 6 nitrogen and oxygen atoms in total. The summed E-state index contributed by atoms with van der Waals surface area (Å²) in [5.41, 5.74) is 0.278. The van der Waals surface area contributed by atoms with E-state index in [0.717, 1.165) is 6.42 Å². The molecule has 6 heteroatoms. The number of hydrogen-bond acceptors (Lipinski definition) is 3. The molecule has 21 heavy (non-hydrogen) atoms. The van der Waals surface area contributed by atoms with E-state index in [0.29, 0.717) is 24.1 Å². The average molecular weight is 292 g/mol. The van der Waals surface area contributed by atoms with Crippen LogP contribution in [0.15, 0.2) is 18.2 Å². The first-order chi connectivity index (χ1) is 9.92. The van der Waals surface area contributed by atoms with Gasteiger partial charge in [-0.25, -0.2) is 9.59 Å². The molecule has 1 aromatic carbocycles. The number of amides is 2. The predicted molar refractivity (Wildman–Crippen MR) is 78.9 cm³/mol. The van der Waals surface area contributed by atoms with Crippen molar-refractivity contribution in [1.29, 1.82) is 0 Å². The number of nitrogens with one attached hydrogen (secondary N) is 1. The van der Waals surface area contributed by atoms with Gasteiger partial charge in [0.25, 0.3) is 0 Å². The first kappa shape index (κ1) is 15.2. The highest BCUT2D eigenvalue weighted by Crippen LogP contribution is 2.38. The number of methoxy groups -OCH3 is 1. The van der Waals surface area contributed by atoms with Crippen molar-refractivity contribution in [2.24, 2.45) is 11.8 Å². The average Bonchev–Trinajstić information content (AvgIpc) is 3.14. The molecule has 0 radical (unpaired) electrons. The number of urea groups is 1. The predicted octanol–water partition coefficient (Wildman–Crippen LogP) is 2.51. The van der Waals surface area contributed by atoms with E-state index in [1.807, 2.05) is 0 Å². The van der Waals surface area contributed by atoms with Gasteiger partial charge in [-0.2, -0.15) is 0 Å². The van der Waals surface area contributed by atoms with Crippen molar-refractivity contribution in [2.45, 2.75) is 13.3 Å². The molecule has 0 heterocycles. The standard InChI is InChI=1S/C15H20N2O4/c1-9-6-10(9)8-17(2)15(20)16-13-5-4-11(21-3)7-12(13)14(18)19/h4-5,7,9-10H,6,8H2,1-3H3,(H,16,20)(H,18,19). The molecule has 1 aromatic rings. The van der Waals surface area contributed by atoms with Crippen LogP contribution < -0.4 is 10.1 Å². The maximum absolute atomic E-state index is 12.1. The zero-order chi connectivity index (χ0) is 15.6. The van der Waals surface area contributed by atoms with Crippen molar-refractivity contribution in [3.05, 3.63) is 23.8 Å². The zero-order valence-corrected chi connectivity index (χ0v) is 12.4. The van der Waals surface area contributed by atoms with E-state index in [4.69, 9.17) is 4.74 Å². The minimum absolute atomic E-state index is 0.0101. The summed E-state index contributed by atoms with van der Waals surface area (Å²) in [4.78, 5) is 24.9. The van der Waals surface area contributed by atoms with Gasteiger partial charge in [0.05, 0.1) is 18.4 Å². The van der Waals surface area contributed by atoms with Crippen LogP contribution in [-0.4, -0.2) is 42.7 Å². The van der Waals surface area contributed by atoms with Crippen molar-refractivity contribution in [2.75, 3.05) is 26.0 Å². The summed E-state index contributed by atoms with van der Waals surface area (Å²) in [5.74, 6) is 0.541. The highest BCUT2D eigenvalue weighted by molar-refractivity contribution is 6.00. The topological polar surface area (TPSA) is 78.9 Å². The number of aromatic carboxylic acids is 1. The number of anilines is 1. The number of benzene rings is 1. The number of rotatable bonds is 5. The van der Waals surface area contributed by atoms with E-state index >= 15 is 0 Å². The number of ether oxygens (including phenoxy) is 1. The molecule has 0 spiro atoms. The van der Waals surface area contributed by atoms with Crippen molar-refractivity contribution in [1.82, 2.24) is 4.90 Å². The Labute approximate surface area is 123 Å². The van der Waals surface area contributed by atoms with Crippen LogP contribution in [0.2, 0.25) is 0 Å². The summed E-state index contributed by atoms with van der Waals surface area (Å²) in [6.07, 6.45) is 1.14. The molecule has 0 bridgehead atoms. The molecule has 1 aliphatic rings. The first-order valence-corrected chi connectivity index (χ1v) is 6.85. The second-order valence-corrected chi connectivity index (χ2v) is 5.50. The normalized spacial score (nSPS) is 19.8. The van der Waals surface area contributed by atoms with Gasteiger partial charge in [0, 0.05) is 13.6 Å². The number of carboxylic acid groups (broad SMARTS) is 1. The monoisotopic (exact) mass is 292 g/mol. The molecule has 1 saturated carbocycles. The number of nitrogens with zero attached hydrogens (tertiary/aromatic N) is 1. The van der Waals surface area contributed by atoms with Gasteiger partial charge in [0.2, 0.25) is 0 Å². The van der Waals surface area contributed by atoms with Crippen LogP contribution in [-0.2, 0) is 0 Å². The van der Waals surface area contributed by atoms with Gasteiger partial charge in [0.1, 0.15) is 5.75 Å². The molecule has 0 saturated heterocycles. The van der Waals surface area contributed by atoms with Crippen molar-refractivity contribution >= 4 is 17.7 Å². The number of carbonyl (C=O) groups excluding carboxylic acids is 1. The minimum atomic E-state index is -1.11. The number of carboxylic acids is 1. The minimum Gasteiger partial charge on any atom is -0.497 e. The maximum Gasteiger partial charge on any atom is 0.337 e. The van der Waals surface area contributed by atoms with Crippen LogP contribution in [0.1, 0.15) is 23.7 Å². The van der Waals surface area contributed by atoms with Gasteiger partial charge < -0.3 is 20.1 Å². The maximum atomic E-state index is 12.1. The van der Waals surface area contributed by atoms with Crippen LogP contribution in [0.4, 0.5) is 10.5 Å². The Morgan fingerprint density at radius 1 is 1.48 bits per heavy atom. The van der Waals surface area contributed by atoms with Crippen molar-refractivity contribution in [3.63, 3.8) is 0 Å². The lowest BCUT2D eigenvalue weighted by Gasteiger charge is -2.19. The molecule has 2 N–H and O–H groups in total. The largest absolute Gasteiger partial charge is 0.497 e. The Bertz CT molecular complexity index is 559. The van der Waals surface area contributed by atoms with E-state index in [-0.39, 0.29) is 17.3 Å². The third-order valence-electron chi connectivity index (χ3n) is 3.83. The first-order valence-electron chi connectivity index (χ1n) is 6.85. The summed E-state index contributed by atoms with van der Waals surface area (Å²) in [6, 6.07) is 4.24. The Morgan fingerprint density at radius 2 is 2.14 bits per heavy atom. The highest BCUT2D eigenvalue weighted by Gasteiger charge is 2.34. The van der Waals surface area contributed by atoms with Crippen LogP contribution in [0, 0.1) is 11.8 Å². The third kappa shape index (κ3) is 3.65. The van der Waals surface area contributed by atoms with E-state index in [2.05, 4.69) is 12.2 Å². The molecule has 1 fully saturated rings. The van der Waals surface area contributed by atoms with Crippen LogP contribution >= 0.6 is 0 Å². The Balaban J connectivity index is 2.07. The van der Waals surface area contributed by atoms with Crippen LogP contribution in [0.5, 0.6) is 5.75 Å². The molecule has 2 atom stereocenters. The van der Waals surface area contributed by atoms with Gasteiger partial charge in [-0.3, -0.25) is 0 Å². The van der Waals surface area contributed by atoms with E-state index in [1.54, 1.807) is 18.0 Å². The molecular formula is C15H20N2O4. The van der Waals surface area contributed by atoms with Gasteiger partial charge in [0.15, 0.2) is 0 Å². The number of carbonyl (C=O) groups is 2. The second kappa shape index (κ2) is 6.03. The molecule has 0 aromatic heterocycles. The van der Waals surface area contributed by atoms with Gasteiger partial charge in [-0.15, -0.1) is 0 Å². The summed E-state index contributed by atoms with van der Waals surface area (Å²) >= 11 is 0. The fraction of sp³-hybridized carbons (Fsp3) is 0.467. The quantitative estimate of drug-likeness (QED) is 0.874. The molecule has 1 aliphatic carbocycles. The molecular weight excluding hydrogens is 272 g/mol. The van der Waals surface area contributed by atoms with E-state index < -0.39 is 5.97 Å². The van der Waals surface area contributed by atoms with Gasteiger partial charge >= 0.3 is 12.0 Å². The van der Waals surface area contributed by atoms with Crippen molar-refractivity contribution < 1.29 is 19.4 Å². The van der Waals surface area contributed by atoms with Crippen LogP contribution in [0.25, 0.3) is 0 Å². The van der Waals surface area contributed by atoms with Crippen molar-refractivity contribution in [3.8, 4) is 5.75 Å². The molecule has 2 rings (SSSR count). The second-order valence-electron chi connectivity index (χ2n) is 5.50. The Kier molecular flexibility index (Phi) is 4.35. The Hall–Kier alpha value is -2.24. The molecule has 2 amide bonds.